The Kier molecular flexibility index (Phi) is 7.40. The van der Waals surface area contributed by atoms with Crippen LogP contribution in [0.3, 0.4) is 0 Å². The maximum Gasteiger partial charge on any atom is 0.269 e. The van der Waals surface area contributed by atoms with Crippen LogP contribution in [0.1, 0.15) is 16.7 Å². The summed E-state index contributed by atoms with van der Waals surface area (Å²) < 4.78 is 11.6. The van der Waals surface area contributed by atoms with E-state index >= 15 is 0 Å². The summed E-state index contributed by atoms with van der Waals surface area (Å²) in [7, 11) is 1.58. The maximum absolute atomic E-state index is 10.8. The Bertz CT molecular complexity index is 1090. The van der Waals surface area contributed by atoms with Crippen molar-refractivity contribution < 1.29 is 14.4 Å². The van der Waals surface area contributed by atoms with Gasteiger partial charge in [0.25, 0.3) is 5.69 Å². The summed E-state index contributed by atoms with van der Waals surface area (Å²) in [5, 5.41) is 11.5. The molecule has 0 spiro atoms. The topological polar surface area (TPSA) is 74.0 Å². The van der Waals surface area contributed by atoms with Gasteiger partial charge in [-0.3, -0.25) is 15.1 Å². The van der Waals surface area contributed by atoms with Gasteiger partial charge in [-0.1, -0.05) is 29.8 Å². The van der Waals surface area contributed by atoms with E-state index in [0.29, 0.717) is 35.2 Å². The Morgan fingerprint density at radius 1 is 1.13 bits per heavy atom. The van der Waals surface area contributed by atoms with Crippen molar-refractivity contribution in [2.45, 2.75) is 13.0 Å². The lowest BCUT2D eigenvalue weighted by Crippen LogP contribution is -2.02. The molecule has 0 heterocycles. The van der Waals surface area contributed by atoms with Crippen LogP contribution < -0.4 is 9.47 Å². The Morgan fingerprint density at radius 3 is 2.45 bits per heavy atom. The second-order valence-electron chi connectivity index (χ2n) is 6.65. The van der Waals surface area contributed by atoms with Gasteiger partial charge in [0.2, 0.25) is 0 Å². The highest BCUT2D eigenvalue weighted by Crippen LogP contribution is 2.34. The number of ether oxygens (including phenoxy) is 2. The molecule has 158 valence electrons. The molecule has 3 aromatic rings. The Morgan fingerprint density at radius 2 is 1.84 bits per heavy atom. The first-order valence-corrected chi connectivity index (χ1v) is 9.85. The number of hydrogen-bond acceptors (Lipinski definition) is 5. The molecule has 0 saturated heterocycles. The molecule has 0 N–H and O–H groups in total. The van der Waals surface area contributed by atoms with E-state index in [4.69, 9.17) is 21.1 Å². The largest absolute Gasteiger partial charge is 0.493 e. The molecule has 0 saturated carbocycles. The number of methoxy groups -OCH3 is 1. The number of hydrogen-bond donors (Lipinski definition) is 0. The lowest BCUT2D eigenvalue weighted by Gasteiger charge is -2.16. The van der Waals surface area contributed by atoms with Crippen molar-refractivity contribution in [3.8, 4) is 11.5 Å². The number of halogens is 1. The first-order chi connectivity index (χ1) is 15.0. The van der Waals surface area contributed by atoms with Gasteiger partial charge in [0.05, 0.1) is 17.7 Å². The predicted octanol–water partition coefficient (Wildman–Crippen LogP) is 6.31. The van der Waals surface area contributed by atoms with E-state index in [1.54, 1.807) is 31.5 Å². The summed E-state index contributed by atoms with van der Waals surface area (Å²) in [6.07, 6.45) is 4.06. The average Bonchev–Trinajstić information content (AvgIpc) is 2.78. The van der Waals surface area contributed by atoms with E-state index < -0.39 is 4.92 Å². The molecule has 0 aliphatic rings. The van der Waals surface area contributed by atoms with E-state index in [2.05, 4.69) is 11.6 Å². The van der Waals surface area contributed by atoms with Crippen LogP contribution in [0.2, 0.25) is 5.02 Å². The molecule has 6 nitrogen and oxygen atoms in total. The minimum absolute atomic E-state index is 0.0241. The van der Waals surface area contributed by atoms with Crippen LogP contribution in [0, 0.1) is 10.1 Å². The summed E-state index contributed by atoms with van der Waals surface area (Å²) >= 11 is 5.94. The smallest absolute Gasteiger partial charge is 0.269 e. The zero-order chi connectivity index (χ0) is 22.2. The third-order valence-corrected chi connectivity index (χ3v) is 4.71. The monoisotopic (exact) mass is 436 g/mol. The van der Waals surface area contributed by atoms with Crippen molar-refractivity contribution in [2.75, 3.05) is 7.11 Å². The Labute approximate surface area is 185 Å². The summed E-state index contributed by atoms with van der Waals surface area (Å²) in [6.45, 7) is 4.20. The van der Waals surface area contributed by atoms with Gasteiger partial charge in [-0.15, -0.1) is 6.58 Å². The van der Waals surface area contributed by atoms with Gasteiger partial charge in [0, 0.05) is 28.9 Å². The number of aliphatic imine (C=N–C) groups is 1. The standard InChI is InChI=1S/C24H21ClN2O4/c1-3-4-19-13-18(15-26-21-9-11-22(12-10-21)27(28)29)14-23(30-2)24(19)31-16-17-5-7-20(25)8-6-17/h3,5-15H,1,4,16H2,2H3. The van der Waals surface area contributed by atoms with Gasteiger partial charge >= 0.3 is 0 Å². The predicted molar refractivity (Wildman–Crippen MR) is 123 cm³/mol. The van der Waals surface area contributed by atoms with E-state index in [1.807, 2.05) is 36.4 Å². The number of nitro groups is 1. The SMILES string of the molecule is C=CCc1cc(C=Nc2ccc([N+](=O)[O-])cc2)cc(OC)c1OCc1ccc(Cl)cc1. The van der Waals surface area contributed by atoms with Gasteiger partial charge in [0.1, 0.15) is 6.61 Å². The minimum atomic E-state index is -0.442. The zero-order valence-corrected chi connectivity index (χ0v) is 17.7. The molecule has 0 atom stereocenters. The molecule has 31 heavy (non-hydrogen) atoms. The fraction of sp³-hybridized carbons (Fsp3) is 0.125. The molecule has 0 radical (unpaired) electrons. The molecule has 0 aliphatic heterocycles. The summed E-state index contributed by atoms with van der Waals surface area (Å²) in [5.41, 5.74) is 3.34. The zero-order valence-electron chi connectivity index (χ0n) is 17.0. The van der Waals surface area contributed by atoms with Gasteiger partial charge in [0.15, 0.2) is 11.5 Å². The first-order valence-electron chi connectivity index (χ1n) is 9.47. The van der Waals surface area contributed by atoms with Gasteiger partial charge in [-0.2, -0.15) is 0 Å². The summed E-state index contributed by atoms with van der Waals surface area (Å²) in [6, 6.07) is 17.3. The maximum atomic E-state index is 10.8. The van der Waals surface area contributed by atoms with Crippen LogP contribution in [0.25, 0.3) is 0 Å². The molecule has 3 aromatic carbocycles. The fourth-order valence-corrected chi connectivity index (χ4v) is 3.05. The van der Waals surface area contributed by atoms with Crippen molar-refractivity contribution in [1.82, 2.24) is 0 Å². The third-order valence-electron chi connectivity index (χ3n) is 4.46. The van der Waals surface area contributed by atoms with Crippen molar-refractivity contribution in [2.24, 2.45) is 4.99 Å². The number of allylic oxidation sites excluding steroid dienone is 1. The highest BCUT2D eigenvalue weighted by Gasteiger charge is 2.13. The minimum Gasteiger partial charge on any atom is -0.493 e. The van der Waals surface area contributed by atoms with E-state index in [9.17, 15) is 10.1 Å². The second kappa shape index (κ2) is 10.4. The van der Waals surface area contributed by atoms with Crippen LogP contribution in [0.4, 0.5) is 11.4 Å². The number of non-ortho nitro benzene ring substituents is 1. The quantitative estimate of drug-likeness (QED) is 0.170. The van der Waals surface area contributed by atoms with Gasteiger partial charge in [-0.05, 0) is 53.9 Å². The lowest BCUT2D eigenvalue weighted by molar-refractivity contribution is -0.384. The molecule has 0 aromatic heterocycles. The summed E-state index contributed by atoms with van der Waals surface area (Å²) in [4.78, 5) is 14.7. The van der Waals surface area contributed by atoms with Crippen molar-refractivity contribution >= 4 is 29.2 Å². The molecule has 0 unspecified atom stereocenters. The van der Waals surface area contributed by atoms with Crippen molar-refractivity contribution in [1.29, 1.82) is 0 Å². The second-order valence-corrected chi connectivity index (χ2v) is 7.09. The molecule has 3 rings (SSSR count). The van der Waals surface area contributed by atoms with E-state index in [0.717, 1.165) is 16.7 Å². The lowest BCUT2D eigenvalue weighted by atomic mass is 10.1. The highest BCUT2D eigenvalue weighted by molar-refractivity contribution is 6.30. The fourth-order valence-electron chi connectivity index (χ4n) is 2.93. The molecule has 0 fully saturated rings. The highest BCUT2D eigenvalue weighted by atomic mass is 35.5. The molecule has 0 bridgehead atoms. The number of nitro benzene ring substituents is 1. The Balaban J connectivity index is 1.84. The van der Waals surface area contributed by atoms with Crippen LogP contribution >= 0.6 is 11.6 Å². The van der Waals surface area contributed by atoms with Crippen LogP contribution in [-0.2, 0) is 13.0 Å². The van der Waals surface area contributed by atoms with Crippen LogP contribution in [0.15, 0.2) is 78.3 Å². The van der Waals surface area contributed by atoms with E-state index in [1.165, 1.54) is 12.1 Å². The number of benzene rings is 3. The number of nitrogens with zero attached hydrogens (tertiary/aromatic N) is 2. The molecule has 0 aliphatic carbocycles. The molecular weight excluding hydrogens is 416 g/mol. The summed E-state index contributed by atoms with van der Waals surface area (Å²) in [5.74, 6) is 1.23. The third kappa shape index (κ3) is 5.93. The first kappa shape index (κ1) is 22.1. The molecular formula is C24H21ClN2O4. The van der Waals surface area contributed by atoms with Gasteiger partial charge < -0.3 is 9.47 Å². The van der Waals surface area contributed by atoms with Gasteiger partial charge in [-0.25, -0.2) is 0 Å². The van der Waals surface area contributed by atoms with Crippen LogP contribution in [-0.4, -0.2) is 18.2 Å². The Hall–Kier alpha value is -3.64. The van der Waals surface area contributed by atoms with Crippen molar-refractivity contribution in [3.63, 3.8) is 0 Å². The normalized spacial score (nSPS) is 10.8. The molecule has 7 heteroatoms. The van der Waals surface area contributed by atoms with Crippen LogP contribution in [0.5, 0.6) is 11.5 Å². The van der Waals surface area contributed by atoms with Crippen molar-refractivity contribution in [3.05, 3.63) is 105 Å². The number of rotatable bonds is 9. The van der Waals surface area contributed by atoms with E-state index in [-0.39, 0.29) is 5.69 Å². The average molecular weight is 437 g/mol. The molecule has 0 amide bonds.